The lowest BCUT2D eigenvalue weighted by atomic mass is 10.2. The molecule has 0 unspecified atom stereocenters. The number of hydrogen-bond acceptors (Lipinski definition) is 3. The Kier molecular flexibility index (Phi) is 7.01. The van der Waals surface area contributed by atoms with Crippen LogP contribution in [0.3, 0.4) is 0 Å². The third-order valence-electron chi connectivity index (χ3n) is 3.37. The van der Waals surface area contributed by atoms with E-state index in [9.17, 15) is 9.18 Å². The van der Waals surface area contributed by atoms with E-state index in [1.165, 1.54) is 18.2 Å². The van der Waals surface area contributed by atoms with Crippen molar-refractivity contribution in [2.24, 2.45) is 0 Å². The quantitative estimate of drug-likeness (QED) is 0.738. The van der Waals surface area contributed by atoms with Crippen molar-refractivity contribution in [1.82, 2.24) is 5.32 Å². The fourth-order valence-corrected chi connectivity index (χ4v) is 2.19. The van der Waals surface area contributed by atoms with E-state index in [0.717, 1.165) is 11.1 Å². The number of rotatable bonds is 8. The molecule has 2 aromatic carbocycles. The molecule has 0 bridgehead atoms. The molecular weight excluding hydrogens is 321 g/mol. The highest BCUT2D eigenvalue weighted by atomic mass is 19.1. The second-order valence-electron chi connectivity index (χ2n) is 5.25. The fourth-order valence-electron chi connectivity index (χ4n) is 2.19. The van der Waals surface area contributed by atoms with Gasteiger partial charge in [-0.1, -0.05) is 18.2 Å². The van der Waals surface area contributed by atoms with Gasteiger partial charge in [-0.15, -0.1) is 0 Å². The second kappa shape index (κ2) is 9.47. The maximum atomic E-state index is 12.8. The van der Waals surface area contributed by atoms with Crippen LogP contribution in [0.15, 0.2) is 48.5 Å². The average Bonchev–Trinajstić information content (AvgIpc) is 2.62. The molecule has 5 heteroatoms. The molecule has 0 atom stereocenters. The van der Waals surface area contributed by atoms with Crippen molar-refractivity contribution in [3.8, 4) is 11.5 Å². The van der Waals surface area contributed by atoms with E-state index in [-0.39, 0.29) is 11.7 Å². The summed E-state index contributed by atoms with van der Waals surface area (Å²) in [5, 5.41) is 2.76. The van der Waals surface area contributed by atoms with E-state index in [0.29, 0.717) is 31.3 Å². The number of hydrogen-bond donors (Lipinski definition) is 1. The van der Waals surface area contributed by atoms with Gasteiger partial charge in [0.1, 0.15) is 5.82 Å². The molecule has 0 aromatic heterocycles. The SMILES string of the molecule is CCOc1ccc(/C=C/C(=O)NCc2ccc(F)cc2)cc1OCC. The molecule has 2 rings (SSSR count). The van der Waals surface area contributed by atoms with Crippen molar-refractivity contribution in [2.45, 2.75) is 20.4 Å². The van der Waals surface area contributed by atoms with Crippen LogP contribution in [0.5, 0.6) is 11.5 Å². The number of nitrogens with one attached hydrogen (secondary N) is 1. The van der Waals surface area contributed by atoms with Crippen molar-refractivity contribution in [3.05, 3.63) is 65.5 Å². The normalized spacial score (nSPS) is 10.7. The summed E-state index contributed by atoms with van der Waals surface area (Å²) < 4.78 is 23.9. The minimum atomic E-state index is -0.296. The molecule has 0 aliphatic rings. The first-order chi connectivity index (χ1) is 12.1. The minimum absolute atomic E-state index is 0.226. The van der Waals surface area contributed by atoms with E-state index >= 15 is 0 Å². The Labute approximate surface area is 147 Å². The first-order valence-electron chi connectivity index (χ1n) is 8.22. The summed E-state index contributed by atoms with van der Waals surface area (Å²) in [6.45, 7) is 5.25. The van der Waals surface area contributed by atoms with Gasteiger partial charge in [-0.2, -0.15) is 0 Å². The van der Waals surface area contributed by atoms with E-state index in [1.54, 1.807) is 18.2 Å². The van der Waals surface area contributed by atoms with Gasteiger partial charge in [0, 0.05) is 12.6 Å². The van der Waals surface area contributed by atoms with Crippen LogP contribution in [0.1, 0.15) is 25.0 Å². The fraction of sp³-hybridized carbons (Fsp3) is 0.250. The molecule has 1 amide bonds. The summed E-state index contributed by atoms with van der Waals surface area (Å²) in [5.41, 5.74) is 1.67. The van der Waals surface area contributed by atoms with E-state index in [4.69, 9.17) is 9.47 Å². The minimum Gasteiger partial charge on any atom is -0.490 e. The van der Waals surface area contributed by atoms with Gasteiger partial charge < -0.3 is 14.8 Å². The van der Waals surface area contributed by atoms with Crippen molar-refractivity contribution in [1.29, 1.82) is 0 Å². The van der Waals surface area contributed by atoms with Gasteiger partial charge in [0.15, 0.2) is 11.5 Å². The summed E-state index contributed by atoms with van der Waals surface area (Å²) in [6.07, 6.45) is 3.16. The van der Waals surface area contributed by atoms with Crippen molar-refractivity contribution < 1.29 is 18.7 Å². The lowest BCUT2D eigenvalue weighted by Gasteiger charge is -2.11. The number of carbonyl (C=O) groups is 1. The maximum absolute atomic E-state index is 12.8. The molecule has 0 fully saturated rings. The molecule has 2 aromatic rings. The molecule has 0 saturated heterocycles. The third-order valence-corrected chi connectivity index (χ3v) is 3.37. The maximum Gasteiger partial charge on any atom is 0.244 e. The molecule has 132 valence electrons. The largest absolute Gasteiger partial charge is 0.490 e. The van der Waals surface area contributed by atoms with Crippen molar-refractivity contribution in [3.63, 3.8) is 0 Å². The summed E-state index contributed by atoms with van der Waals surface area (Å²) in [5.74, 6) is 0.812. The lowest BCUT2D eigenvalue weighted by molar-refractivity contribution is -0.116. The van der Waals surface area contributed by atoms with Crippen LogP contribution in [0.2, 0.25) is 0 Å². The number of halogens is 1. The Morgan fingerprint density at radius 2 is 1.72 bits per heavy atom. The van der Waals surface area contributed by atoms with Crippen LogP contribution in [0, 0.1) is 5.82 Å². The first kappa shape index (κ1) is 18.5. The zero-order valence-electron chi connectivity index (χ0n) is 14.4. The van der Waals surface area contributed by atoms with E-state index in [2.05, 4.69) is 5.32 Å². The molecule has 0 spiro atoms. The van der Waals surface area contributed by atoms with Crippen molar-refractivity contribution in [2.75, 3.05) is 13.2 Å². The van der Waals surface area contributed by atoms with E-state index in [1.807, 2.05) is 32.0 Å². The summed E-state index contributed by atoms with van der Waals surface area (Å²) in [6, 6.07) is 11.5. The zero-order chi connectivity index (χ0) is 18.1. The molecule has 1 N–H and O–H groups in total. The van der Waals surface area contributed by atoms with Gasteiger partial charge in [0.2, 0.25) is 5.91 Å². The van der Waals surface area contributed by atoms with Crippen molar-refractivity contribution >= 4 is 12.0 Å². The Bertz CT molecular complexity index is 726. The van der Waals surface area contributed by atoms with Crippen LogP contribution in [0.4, 0.5) is 4.39 Å². The number of benzene rings is 2. The average molecular weight is 343 g/mol. The molecule has 4 nitrogen and oxygen atoms in total. The van der Waals surface area contributed by atoms with Gasteiger partial charge in [0.25, 0.3) is 0 Å². The lowest BCUT2D eigenvalue weighted by Crippen LogP contribution is -2.20. The van der Waals surface area contributed by atoms with Gasteiger partial charge in [-0.25, -0.2) is 4.39 Å². The van der Waals surface area contributed by atoms with Crippen LogP contribution in [-0.4, -0.2) is 19.1 Å². The highest BCUT2D eigenvalue weighted by Crippen LogP contribution is 2.28. The highest BCUT2D eigenvalue weighted by Gasteiger charge is 2.05. The Balaban J connectivity index is 1.96. The molecule has 0 aliphatic carbocycles. The summed E-state index contributed by atoms with van der Waals surface area (Å²) >= 11 is 0. The zero-order valence-corrected chi connectivity index (χ0v) is 14.4. The molecular formula is C20H22FNO3. The summed E-state index contributed by atoms with van der Waals surface area (Å²) in [4.78, 5) is 11.9. The standard InChI is InChI=1S/C20H22FNO3/c1-3-24-18-11-7-15(13-19(18)25-4-2)8-12-20(23)22-14-16-5-9-17(21)10-6-16/h5-13H,3-4,14H2,1-2H3,(H,22,23)/b12-8+. The molecule has 0 radical (unpaired) electrons. The third kappa shape index (κ3) is 5.95. The number of carbonyl (C=O) groups excluding carboxylic acids is 1. The predicted octanol–water partition coefficient (Wildman–Crippen LogP) is 3.95. The van der Waals surface area contributed by atoms with E-state index < -0.39 is 0 Å². The molecule has 0 saturated carbocycles. The number of amides is 1. The van der Waals surface area contributed by atoms with Gasteiger partial charge in [-0.3, -0.25) is 4.79 Å². The van der Waals surface area contributed by atoms with Gasteiger partial charge >= 0.3 is 0 Å². The first-order valence-corrected chi connectivity index (χ1v) is 8.22. The van der Waals surface area contributed by atoms with Crippen LogP contribution < -0.4 is 14.8 Å². The van der Waals surface area contributed by atoms with Crippen LogP contribution in [-0.2, 0) is 11.3 Å². The Morgan fingerprint density at radius 3 is 2.40 bits per heavy atom. The summed E-state index contributed by atoms with van der Waals surface area (Å²) in [7, 11) is 0. The molecule has 25 heavy (non-hydrogen) atoms. The Hall–Kier alpha value is -2.82. The van der Waals surface area contributed by atoms with Crippen LogP contribution >= 0.6 is 0 Å². The monoisotopic (exact) mass is 343 g/mol. The molecule has 0 heterocycles. The molecule has 0 aliphatic heterocycles. The van der Waals surface area contributed by atoms with Gasteiger partial charge in [0.05, 0.1) is 13.2 Å². The van der Waals surface area contributed by atoms with Gasteiger partial charge in [-0.05, 0) is 55.3 Å². The highest BCUT2D eigenvalue weighted by molar-refractivity contribution is 5.91. The van der Waals surface area contributed by atoms with Crippen LogP contribution in [0.25, 0.3) is 6.08 Å². The topological polar surface area (TPSA) is 47.6 Å². The Morgan fingerprint density at radius 1 is 1.04 bits per heavy atom. The second-order valence-corrected chi connectivity index (χ2v) is 5.25. The number of ether oxygens (including phenoxy) is 2. The predicted molar refractivity (Wildman–Crippen MR) is 96.1 cm³/mol. The smallest absolute Gasteiger partial charge is 0.244 e.